The second kappa shape index (κ2) is 7.78. The summed E-state index contributed by atoms with van der Waals surface area (Å²) in [5.74, 6) is 5.95. The highest BCUT2D eigenvalue weighted by Gasteiger charge is 2.28. The summed E-state index contributed by atoms with van der Waals surface area (Å²) in [5.41, 5.74) is 1.53. The van der Waals surface area contributed by atoms with Gasteiger partial charge >= 0.3 is 6.36 Å². The fourth-order valence-corrected chi connectivity index (χ4v) is 1.39. The SMILES string of the molecule is Cc1ccc(OCCOC(F)(F)F)c(C#CCCO)c1. The van der Waals surface area contributed by atoms with Gasteiger partial charge in [0.25, 0.3) is 0 Å². The van der Waals surface area contributed by atoms with Gasteiger partial charge in [0.05, 0.1) is 18.8 Å². The van der Waals surface area contributed by atoms with Gasteiger partial charge in [0, 0.05) is 6.42 Å². The molecule has 0 fully saturated rings. The molecule has 3 nitrogen and oxygen atoms in total. The lowest BCUT2D eigenvalue weighted by Gasteiger charge is -2.10. The average Bonchev–Trinajstić information content (AvgIpc) is 2.36. The fraction of sp³-hybridized carbons (Fsp3) is 0.429. The van der Waals surface area contributed by atoms with Gasteiger partial charge in [-0.1, -0.05) is 17.9 Å². The van der Waals surface area contributed by atoms with Crippen molar-refractivity contribution >= 4 is 0 Å². The zero-order chi connectivity index (χ0) is 15.0. The molecule has 0 bridgehead atoms. The molecule has 0 atom stereocenters. The Hall–Kier alpha value is -1.71. The van der Waals surface area contributed by atoms with E-state index in [1.807, 2.05) is 6.92 Å². The smallest absolute Gasteiger partial charge is 0.490 e. The van der Waals surface area contributed by atoms with Crippen LogP contribution in [0.2, 0.25) is 0 Å². The molecule has 0 amide bonds. The first-order valence-electron chi connectivity index (χ1n) is 5.96. The number of rotatable bonds is 5. The van der Waals surface area contributed by atoms with Crippen molar-refractivity contribution < 1.29 is 27.8 Å². The van der Waals surface area contributed by atoms with Crippen LogP contribution in [-0.4, -0.2) is 31.3 Å². The number of alkyl halides is 3. The van der Waals surface area contributed by atoms with Crippen molar-refractivity contribution in [1.29, 1.82) is 0 Å². The maximum Gasteiger partial charge on any atom is 0.522 e. The van der Waals surface area contributed by atoms with Crippen molar-refractivity contribution in [2.45, 2.75) is 19.7 Å². The van der Waals surface area contributed by atoms with Gasteiger partial charge in [0.2, 0.25) is 0 Å². The third-order valence-corrected chi connectivity index (χ3v) is 2.20. The normalized spacial score (nSPS) is 10.8. The Morgan fingerprint density at radius 2 is 2.00 bits per heavy atom. The van der Waals surface area contributed by atoms with Gasteiger partial charge in [-0.25, -0.2) is 0 Å². The summed E-state index contributed by atoms with van der Waals surface area (Å²) in [6.07, 6.45) is -4.33. The topological polar surface area (TPSA) is 38.7 Å². The van der Waals surface area contributed by atoms with Gasteiger partial charge in [0.1, 0.15) is 12.4 Å². The van der Waals surface area contributed by atoms with E-state index >= 15 is 0 Å². The molecule has 0 saturated carbocycles. The molecule has 1 aromatic carbocycles. The van der Waals surface area contributed by atoms with Gasteiger partial charge in [-0.05, 0) is 24.6 Å². The number of aryl methyl sites for hydroxylation is 1. The largest absolute Gasteiger partial charge is 0.522 e. The molecule has 0 aliphatic rings. The highest BCUT2D eigenvalue weighted by Crippen LogP contribution is 2.20. The van der Waals surface area contributed by atoms with Gasteiger partial charge in [-0.3, -0.25) is 4.74 Å². The maximum atomic E-state index is 11.8. The quantitative estimate of drug-likeness (QED) is 0.668. The summed E-state index contributed by atoms with van der Waals surface area (Å²) >= 11 is 0. The number of halogens is 3. The first-order chi connectivity index (χ1) is 9.42. The molecule has 1 aromatic rings. The zero-order valence-corrected chi connectivity index (χ0v) is 11.0. The number of aliphatic hydroxyl groups excluding tert-OH is 1. The molecule has 0 heterocycles. The van der Waals surface area contributed by atoms with Crippen LogP contribution >= 0.6 is 0 Å². The predicted molar refractivity (Wildman–Crippen MR) is 67.3 cm³/mol. The molecule has 6 heteroatoms. The number of benzene rings is 1. The molecule has 0 saturated heterocycles. The molecule has 20 heavy (non-hydrogen) atoms. The molecule has 0 aliphatic carbocycles. The Labute approximate surface area is 115 Å². The van der Waals surface area contributed by atoms with Crippen LogP contribution in [0.5, 0.6) is 5.75 Å². The summed E-state index contributed by atoms with van der Waals surface area (Å²) < 4.78 is 44.2. The van der Waals surface area contributed by atoms with E-state index in [-0.39, 0.29) is 13.2 Å². The second-order valence-electron chi connectivity index (χ2n) is 3.92. The van der Waals surface area contributed by atoms with Crippen molar-refractivity contribution in [3.05, 3.63) is 29.3 Å². The molecular weight excluding hydrogens is 273 g/mol. The molecule has 0 spiro atoms. The molecule has 0 unspecified atom stereocenters. The minimum Gasteiger partial charge on any atom is -0.490 e. The van der Waals surface area contributed by atoms with Crippen molar-refractivity contribution in [2.75, 3.05) is 19.8 Å². The summed E-state index contributed by atoms with van der Waals surface area (Å²) in [6.45, 7) is 1.01. The maximum absolute atomic E-state index is 11.8. The van der Waals surface area contributed by atoms with E-state index in [4.69, 9.17) is 9.84 Å². The third kappa shape index (κ3) is 6.45. The molecule has 1 N–H and O–H groups in total. The van der Waals surface area contributed by atoms with Crippen molar-refractivity contribution in [1.82, 2.24) is 0 Å². The molecule has 0 aromatic heterocycles. The first-order valence-corrected chi connectivity index (χ1v) is 5.96. The Kier molecular flexibility index (Phi) is 6.36. The summed E-state index contributed by atoms with van der Waals surface area (Å²) in [4.78, 5) is 0. The first kappa shape index (κ1) is 16.3. The molecule has 0 radical (unpaired) electrons. The average molecular weight is 288 g/mol. The van der Waals surface area contributed by atoms with Crippen LogP contribution in [0, 0.1) is 18.8 Å². The van der Waals surface area contributed by atoms with Gasteiger partial charge in [-0.2, -0.15) is 0 Å². The molecular formula is C14H15F3O3. The van der Waals surface area contributed by atoms with Crippen LogP contribution in [0.3, 0.4) is 0 Å². The lowest BCUT2D eigenvalue weighted by molar-refractivity contribution is -0.325. The number of hydrogen-bond donors (Lipinski definition) is 1. The highest BCUT2D eigenvalue weighted by molar-refractivity contribution is 5.48. The van der Waals surface area contributed by atoms with E-state index in [0.717, 1.165) is 5.56 Å². The highest BCUT2D eigenvalue weighted by atomic mass is 19.4. The number of hydrogen-bond acceptors (Lipinski definition) is 3. The Bertz CT molecular complexity index is 487. The summed E-state index contributed by atoms with van der Waals surface area (Å²) in [5, 5.41) is 8.66. The lowest BCUT2D eigenvalue weighted by atomic mass is 10.1. The van der Waals surface area contributed by atoms with Crippen LogP contribution in [0.15, 0.2) is 18.2 Å². The Morgan fingerprint density at radius 1 is 1.25 bits per heavy atom. The van der Waals surface area contributed by atoms with E-state index in [1.54, 1.807) is 18.2 Å². The van der Waals surface area contributed by atoms with Crippen LogP contribution in [0.1, 0.15) is 17.5 Å². The lowest BCUT2D eigenvalue weighted by Crippen LogP contribution is -2.18. The standard InChI is InChI=1S/C14H15F3O3/c1-11-5-6-13(12(10-11)4-2-3-7-18)19-8-9-20-14(15,16)17/h5-6,10,18H,3,7-9H2,1H3. The molecule has 0 aliphatic heterocycles. The van der Waals surface area contributed by atoms with Crippen LogP contribution < -0.4 is 4.74 Å². The van der Waals surface area contributed by atoms with E-state index < -0.39 is 13.0 Å². The van der Waals surface area contributed by atoms with Crippen LogP contribution in [0.25, 0.3) is 0 Å². The van der Waals surface area contributed by atoms with Crippen molar-refractivity contribution in [2.24, 2.45) is 0 Å². The van der Waals surface area contributed by atoms with Gasteiger partial charge in [-0.15, -0.1) is 13.2 Å². The van der Waals surface area contributed by atoms with E-state index in [9.17, 15) is 13.2 Å². The number of aliphatic hydroxyl groups is 1. The van der Waals surface area contributed by atoms with Crippen LogP contribution in [-0.2, 0) is 4.74 Å². The van der Waals surface area contributed by atoms with Gasteiger partial charge in [0.15, 0.2) is 0 Å². The van der Waals surface area contributed by atoms with Crippen molar-refractivity contribution in [3.8, 4) is 17.6 Å². The Morgan fingerprint density at radius 3 is 2.65 bits per heavy atom. The molecule has 110 valence electrons. The third-order valence-electron chi connectivity index (χ3n) is 2.20. The van der Waals surface area contributed by atoms with E-state index in [2.05, 4.69) is 16.6 Å². The fourth-order valence-electron chi connectivity index (χ4n) is 1.39. The van der Waals surface area contributed by atoms with E-state index in [1.165, 1.54) is 0 Å². The van der Waals surface area contributed by atoms with Crippen molar-refractivity contribution in [3.63, 3.8) is 0 Å². The minimum atomic E-state index is -4.65. The van der Waals surface area contributed by atoms with Gasteiger partial charge < -0.3 is 9.84 Å². The molecule has 1 rings (SSSR count). The summed E-state index contributed by atoms with van der Waals surface area (Å²) in [6, 6.07) is 5.19. The second-order valence-corrected chi connectivity index (χ2v) is 3.92. The Balaban J connectivity index is 2.63. The zero-order valence-electron chi connectivity index (χ0n) is 11.0. The van der Waals surface area contributed by atoms with E-state index in [0.29, 0.717) is 17.7 Å². The number of ether oxygens (including phenoxy) is 2. The predicted octanol–water partition coefficient (Wildman–Crippen LogP) is 2.64. The monoisotopic (exact) mass is 288 g/mol. The van der Waals surface area contributed by atoms with Crippen LogP contribution in [0.4, 0.5) is 13.2 Å². The summed E-state index contributed by atoms with van der Waals surface area (Å²) in [7, 11) is 0. The minimum absolute atomic E-state index is 0.0472.